The van der Waals surface area contributed by atoms with Crippen molar-refractivity contribution in [2.24, 2.45) is 7.05 Å². The van der Waals surface area contributed by atoms with Gasteiger partial charge in [-0.2, -0.15) is 0 Å². The number of fused-ring (bicyclic) bond motifs is 1. The van der Waals surface area contributed by atoms with Crippen molar-refractivity contribution < 1.29 is 4.79 Å². The maximum Gasteiger partial charge on any atom is 0.227 e. The molecule has 5 heteroatoms. The molecule has 1 fully saturated rings. The summed E-state index contributed by atoms with van der Waals surface area (Å²) >= 11 is 6.12. The molecule has 4 nitrogen and oxygen atoms in total. The Kier molecular flexibility index (Phi) is 3.57. The highest BCUT2D eigenvalue weighted by Crippen LogP contribution is 2.35. The molecule has 1 atom stereocenters. The number of benzene rings is 2. The predicted molar refractivity (Wildman–Crippen MR) is 96.6 cm³/mol. The van der Waals surface area contributed by atoms with Crippen LogP contribution in [-0.2, 0) is 11.8 Å². The highest BCUT2D eigenvalue weighted by Gasteiger charge is 2.35. The van der Waals surface area contributed by atoms with Crippen LogP contribution in [0.1, 0.15) is 23.7 Å². The van der Waals surface area contributed by atoms with Crippen LogP contribution in [-0.4, -0.2) is 22.0 Å². The average molecular weight is 340 g/mol. The number of halogens is 1. The van der Waals surface area contributed by atoms with Crippen LogP contribution in [0.25, 0.3) is 11.0 Å². The molecule has 2 aromatic carbocycles. The summed E-state index contributed by atoms with van der Waals surface area (Å²) in [6.45, 7) is 2.64. The van der Waals surface area contributed by atoms with Crippen LogP contribution in [0.3, 0.4) is 0 Å². The van der Waals surface area contributed by atoms with E-state index in [-0.39, 0.29) is 11.8 Å². The Morgan fingerprint density at radius 3 is 2.79 bits per heavy atom. The van der Waals surface area contributed by atoms with Gasteiger partial charge < -0.3 is 9.47 Å². The minimum absolute atomic E-state index is 0.0910. The van der Waals surface area contributed by atoms with Crippen LogP contribution in [0.2, 0.25) is 5.02 Å². The average Bonchev–Trinajstić information content (AvgIpc) is 3.11. The first-order valence-electron chi connectivity index (χ1n) is 8.02. The number of carbonyl (C=O) groups excluding carboxylic acids is 1. The second kappa shape index (κ2) is 5.64. The summed E-state index contributed by atoms with van der Waals surface area (Å²) in [6.07, 6.45) is 0.475. The van der Waals surface area contributed by atoms with Gasteiger partial charge in [0.1, 0.15) is 5.82 Å². The Balaban J connectivity index is 1.71. The zero-order chi connectivity index (χ0) is 16.8. The number of aryl methyl sites for hydroxylation is 2. The normalized spacial score (nSPS) is 17.9. The first-order valence-corrected chi connectivity index (χ1v) is 8.40. The molecular weight excluding hydrogens is 322 g/mol. The third-order valence-corrected chi connectivity index (χ3v) is 5.01. The monoisotopic (exact) mass is 339 g/mol. The van der Waals surface area contributed by atoms with E-state index in [4.69, 9.17) is 16.6 Å². The van der Waals surface area contributed by atoms with Gasteiger partial charge in [0.15, 0.2) is 0 Å². The number of hydrogen-bond acceptors (Lipinski definition) is 2. The van der Waals surface area contributed by atoms with E-state index in [1.54, 1.807) is 0 Å². The number of para-hydroxylation sites is 2. The maximum absolute atomic E-state index is 12.6. The molecule has 1 aliphatic rings. The van der Waals surface area contributed by atoms with E-state index in [9.17, 15) is 4.79 Å². The first kappa shape index (κ1) is 15.2. The van der Waals surface area contributed by atoms with E-state index in [2.05, 4.69) is 10.6 Å². The fraction of sp³-hybridized carbons (Fsp3) is 0.263. The van der Waals surface area contributed by atoms with Crippen LogP contribution in [0.4, 0.5) is 5.69 Å². The number of aromatic nitrogens is 2. The van der Waals surface area contributed by atoms with Gasteiger partial charge in [0.2, 0.25) is 5.91 Å². The zero-order valence-electron chi connectivity index (χ0n) is 13.7. The molecule has 1 amide bonds. The van der Waals surface area contributed by atoms with Crippen molar-refractivity contribution in [1.29, 1.82) is 0 Å². The molecule has 1 aromatic heterocycles. The molecule has 2 heterocycles. The highest BCUT2D eigenvalue weighted by molar-refractivity contribution is 6.31. The number of nitrogens with zero attached hydrogens (tertiary/aromatic N) is 3. The molecule has 0 bridgehead atoms. The lowest BCUT2D eigenvalue weighted by atomic mass is 10.1. The largest absolute Gasteiger partial charge is 0.331 e. The Morgan fingerprint density at radius 1 is 1.21 bits per heavy atom. The van der Waals surface area contributed by atoms with Crippen molar-refractivity contribution in [3.63, 3.8) is 0 Å². The van der Waals surface area contributed by atoms with Crippen molar-refractivity contribution in [2.45, 2.75) is 19.3 Å². The van der Waals surface area contributed by atoms with Crippen LogP contribution in [0.5, 0.6) is 0 Å². The summed E-state index contributed by atoms with van der Waals surface area (Å²) in [6, 6.07) is 13.7. The molecule has 1 saturated heterocycles. The minimum Gasteiger partial charge on any atom is -0.331 e. The molecule has 4 rings (SSSR count). The van der Waals surface area contributed by atoms with Crippen molar-refractivity contribution in [3.05, 3.63) is 58.9 Å². The Morgan fingerprint density at radius 2 is 2.00 bits per heavy atom. The van der Waals surface area contributed by atoms with Gasteiger partial charge in [0.05, 0.1) is 11.0 Å². The van der Waals surface area contributed by atoms with Gasteiger partial charge in [-0.1, -0.05) is 29.8 Å². The molecule has 0 aliphatic carbocycles. The summed E-state index contributed by atoms with van der Waals surface area (Å²) in [5.74, 6) is 1.18. The molecule has 0 spiro atoms. The summed E-state index contributed by atoms with van der Waals surface area (Å²) in [5, 5.41) is 0.648. The van der Waals surface area contributed by atoms with E-state index in [1.807, 2.05) is 55.3 Å². The first-order chi connectivity index (χ1) is 11.5. The molecule has 24 heavy (non-hydrogen) atoms. The van der Waals surface area contributed by atoms with E-state index >= 15 is 0 Å². The summed E-state index contributed by atoms with van der Waals surface area (Å²) in [4.78, 5) is 19.2. The van der Waals surface area contributed by atoms with Crippen LogP contribution < -0.4 is 4.90 Å². The quantitative estimate of drug-likeness (QED) is 0.706. The lowest BCUT2D eigenvalue weighted by Crippen LogP contribution is -2.25. The number of imidazole rings is 1. The van der Waals surface area contributed by atoms with E-state index in [0.29, 0.717) is 18.0 Å². The van der Waals surface area contributed by atoms with Gasteiger partial charge in [0.25, 0.3) is 0 Å². The maximum atomic E-state index is 12.6. The lowest BCUT2D eigenvalue weighted by Gasteiger charge is -2.19. The number of anilines is 1. The molecule has 122 valence electrons. The fourth-order valence-electron chi connectivity index (χ4n) is 3.52. The number of hydrogen-bond donors (Lipinski definition) is 0. The van der Waals surface area contributed by atoms with E-state index < -0.39 is 0 Å². The summed E-state index contributed by atoms with van der Waals surface area (Å²) < 4.78 is 2.10. The zero-order valence-corrected chi connectivity index (χ0v) is 14.4. The fourth-order valence-corrected chi connectivity index (χ4v) is 3.68. The lowest BCUT2D eigenvalue weighted by molar-refractivity contribution is -0.117. The number of amides is 1. The van der Waals surface area contributed by atoms with Gasteiger partial charge in [0, 0.05) is 36.6 Å². The second-order valence-corrected chi connectivity index (χ2v) is 6.79. The topological polar surface area (TPSA) is 38.1 Å². The standard InChI is InChI=1S/C19H18ClN3O/c1-12-7-8-14(20)10-17(12)23-11-13(9-18(23)24)19-21-15-5-3-4-6-16(15)22(19)2/h3-8,10,13H,9,11H2,1-2H3. The highest BCUT2D eigenvalue weighted by atomic mass is 35.5. The van der Waals surface area contributed by atoms with Gasteiger partial charge >= 0.3 is 0 Å². The van der Waals surface area contributed by atoms with Crippen molar-refractivity contribution in [1.82, 2.24) is 9.55 Å². The van der Waals surface area contributed by atoms with E-state index in [1.165, 1.54) is 0 Å². The molecular formula is C19H18ClN3O. The second-order valence-electron chi connectivity index (χ2n) is 6.35. The molecule has 0 N–H and O–H groups in total. The number of rotatable bonds is 2. The van der Waals surface area contributed by atoms with Gasteiger partial charge in [-0.05, 0) is 36.8 Å². The Hall–Kier alpha value is -2.33. The molecule has 3 aromatic rings. The third-order valence-electron chi connectivity index (χ3n) is 4.77. The summed E-state index contributed by atoms with van der Waals surface area (Å²) in [5.41, 5.74) is 4.02. The van der Waals surface area contributed by atoms with Crippen LogP contribution in [0, 0.1) is 6.92 Å². The molecule has 0 radical (unpaired) electrons. The van der Waals surface area contributed by atoms with Crippen molar-refractivity contribution >= 4 is 34.2 Å². The Bertz CT molecular complexity index is 947. The molecule has 1 unspecified atom stereocenters. The van der Waals surface area contributed by atoms with Crippen LogP contribution in [0.15, 0.2) is 42.5 Å². The van der Waals surface area contributed by atoms with E-state index in [0.717, 1.165) is 28.1 Å². The smallest absolute Gasteiger partial charge is 0.227 e. The van der Waals surface area contributed by atoms with Crippen molar-refractivity contribution in [3.8, 4) is 0 Å². The Labute approximate surface area is 145 Å². The van der Waals surface area contributed by atoms with Gasteiger partial charge in [-0.3, -0.25) is 4.79 Å². The van der Waals surface area contributed by atoms with Crippen molar-refractivity contribution in [2.75, 3.05) is 11.4 Å². The molecule has 0 saturated carbocycles. The number of carbonyl (C=O) groups is 1. The summed E-state index contributed by atoms with van der Waals surface area (Å²) in [7, 11) is 2.02. The van der Waals surface area contributed by atoms with Crippen LogP contribution >= 0.6 is 11.6 Å². The van der Waals surface area contributed by atoms with Gasteiger partial charge in [-0.15, -0.1) is 0 Å². The molecule has 1 aliphatic heterocycles. The third kappa shape index (κ3) is 2.38. The SMILES string of the molecule is Cc1ccc(Cl)cc1N1CC(c2nc3ccccc3n2C)CC1=O. The predicted octanol–water partition coefficient (Wildman–Crippen LogP) is 4.06. The van der Waals surface area contributed by atoms with Gasteiger partial charge in [-0.25, -0.2) is 4.98 Å². The minimum atomic E-state index is 0.0910.